The van der Waals surface area contributed by atoms with E-state index in [1.165, 1.54) is 11.1 Å². The monoisotopic (exact) mass is 273 g/mol. The summed E-state index contributed by atoms with van der Waals surface area (Å²) in [5.41, 5.74) is 3.05. The van der Waals surface area contributed by atoms with Crippen molar-refractivity contribution in [2.75, 3.05) is 5.32 Å². The fraction of sp³-hybridized carbons (Fsp3) is 0.143. The van der Waals surface area contributed by atoms with Crippen LogP contribution in [0, 0.1) is 0 Å². The van der Waals surface area contributed by atoms with E-state index in [0.717, 1.165) is 13.1 Å². The summed E-state index contributed by atoms with van der Waals surface area (Å²) in [6, 6.07) is 9.00. The molecule has 1 amide bonds. The third-order valence-corrected chi connectivity index (χ3v) is 3.30. The van der Waals surface area contributed by atoms with Gasteiger partial charge in [0.25, 0.3) is 5.91 Å². The molecule has 3 rings (SSSR count). The van der Waals surface area contributed by atoms with Crippen molar-refractivity contribution in [1.29, 1.82) is 0 Å². The van der Waals surface area contributed by atoms with E-state index in [2.05, 4.69) is 15.6 Å². The Balaban J connectivity index is 1.81. The summed E-state index contributed by atoms with van der Waals surface area (Å²) >= 11 is 5.85. The van der Waals surface area contributed by atoms with Crippen LogP contribution in [-0.4, -0.2) is 10.9 Å². The summed E-state index contributed by atoms with van der Waals surface area (Å²) in [6.45, 7) is 1.68. The second-order valence-corrected chi connectivity index (χ2v) is 4.84. The molecule has 0 atom stereocenters. The molecule has 1 aromatic heterocycles. The van der Waals surface area contributed by atoms with Crippen LogP contribution >= 0.6 is 11.6 Å². The van der Waals surface area contributed by atoms with Gasteiger partial charge in [0.2, 0.25) is 0 Å². The van der Waals surface area contributed by atoms with Crippen LogP contribution in [0.2, 0.25) is 5.02 Å². The predicted octanol–water partition coefficient (Wildman–Crippen LogP) is 2.59. The number of amides is 1. The zero-order chi connectivity index (χ0) is 13.2. The lowest BCUT2D eigenvalue weighted by Gasteiger charge is -2.06. The van der Waals surface area contributed by atoms with Crippen LogP contribution < -0.4 is 10.6 Å². The van der Waals surface area contributed by atoms with Gasteiger partial charge in [0.1, 0.15) is 5.82 Å². The average molecular weight is 274 g/mol. The molecule has 2 aromatic rings. The largest absolute Gasteiger partial charge is 0.309 e. The van der Waals surface area contributed by atoms with Crippen molar-refractivity contribution in [3.05, 3.63) is 58.2 Å². The number of fused-ring (bicyclic) bond motifs is 1. The van der Waals surface area contributed by atoms with Gasteiger partial charge >= 0.3 is 0 Å². The summed E-state index contributed by atoms with van der Waals surface area (Å²) in [5, 5.41) is 6.53. The molecule has 0 bridgehead atoms. The lowest BCUT2D eigenvalue weighted by Crippen LogP contribution is -2.13. The molecule has 0 fully saturated rings. The molecule has 0 aliphatic carbocycles. The van der Waals surface area contributed by atoms with Gasteiger partial charge in [-0.3, -0.25) is 4.79 Å². The number of rotatable bonds is 2. The molecule has 19 heavy (non-hydrogen) atoms. The van der Waals surface area contributed by atoms with E-state index < -0.39 is 0 Å². The van der Waals surface area contributed by atoms with E-state index in [0.29, 0.717) is 16.4 Å². The zero-order valence-electron chi connectivity index (χ0n) is 10.1. The zero-order valence-corrected chi connectivity index (χ0v) is 10.9. The van der Waals surface area contributed by atoms with Gasteiger partial charge in [0, 0.05) is 29.9 Å². The highest BCUT2D eigenvalue weighted by molar-refractivity contribution is 6.30. The molecule has 2 N–H and O–H groups in total. The van der Waals surface area contributed by atoms with E-state index >= 15 is 0 Å². The molecule has 4 nitrogen and oxygen atoms in total. The second-order valence-electron chi connectivity index (χ2n) is 4.40. The van der Waals surface area contributed by atoms with E-state index in [4.69, 9.17) is 11.6 Å². The molecule has 0 radical (unpaired) electrons. The van der Waals surface area contributed by atoms with Gasteiger partial charge < -0.3 is 10.6 Å². The highest BCUT2D eigenvalue weighted by Gasteiger charge is 2.13. The molecule has 2 heterocycles. The molecule has 5 heteroatoms. The van der Waals surface area contributed by atoms with Gasteiger partial charge in [-0.1, -0.05) is 17.7 Å². The van der Waals surface area contributed by atoms with Crippen LogP contribution in [0.25, 0.3) is 0 Å². The Morgan fingerprint density at radius 1 is 1.21 bits per heavy atom. The number of hydrogen-bond donors (Lipinski definition) is 2. The number of hydrogen-bond acceptors (Lipinski definition) is 3. The molecule has 0 saturated carbocycles. The van der Waals surface area contributed by atoms with E-state index in [1.54, 1.807) is 18.3 Å². The number of nitrogens with zero attached hydrogens (tertiary/aromatic N) is 1. The number of aromatic nitrogens is 1. The Kier molecular flexibility index (Phi) is 3.19. The summed E-state index contributed by atoms with van der Waals surface area (Å²) in [6.07, 6.45) is 1.56. The summed E-state index contributed by atoms with van der Waals surface area (Å²) in [7, 11) is 0. The number of carbonyl (C=O) groups is 1. The molecule has 0 spiro atoms. The van der Waals surface area contributed by atoms with Gasteiger partial charge in [0.15, 0.2) is 0 Å². The van der Waals surface area contributed by atoms with Crippen LogP contribution in [0.3, 0.4) is 0 Å². The quantitative estimate of drug-likeness (QED) is 0.884. The van der Waals surface area contributed by atoms with Gasteiger partial charge in [-0.15, -0.1) is 0 Å². The van der Waals surface area contributed by atoms with Crippen LogP contribution in [0.4, 0.5) is 5.82 Å². The number of benzene rings is 1. The van der Waals surface area contributed by atoms with Crippen LogP contribution in [0.1, 0.15) is 21.5 Å². The average Bonchev–Trinajstić information content (AvgIpc) is 2.85. The first kappa shape index (κ1) is 12.1. The van der Waals surface area contributed by atoms with E-state index in [-0.39, 0.29) is 5.91 Å². The van der Waals surface area contributed by atoms with Crippen LogP contribution in [-0.2, 0) is 13.1 Å². The Labute approximate surface area is 115 Å². The van der Waals surface area contributed by atoms with Gasteiger partial charge in [-0.25, -0.2) is 4.98 Å². The number of anilines is 1. The standard InChI is InChI=1S/C14H12ClN3O/c15-12-3-4-17-13(6-12)18-14(19)9-1-2-10-7-16-8-11(10)5-9/h1-6,16H,7-8H2,(H,17,18,19). The molecular formula is C14H12ClN3O. The predicted molar refractivity (Wildman–Crippen MR) is 74.2 cm³/mol. The Bertz CT molecular complexity index is 642. The Morgan fingerprint density at radius 3 is 2.89 bits per heavy atom. The van der Waals surface area contributed by atoms with Crippen molar-refractivity contribution in [2.45, 2.75) is 13.1 Å². The molecule has 1 aliphatic heterocycles. The fourth-order valence-corrected chi connectivity index (χ4v) is 2.26. The molecule has 1 aliphatic rings. The first-order valence-electron chi connectivity index (χ1n) is 5.98. The van der Waals surface area contributed by atoms with Crippen LogP contribution in [0.5, 0.6) is 0 Å². The first-order valence-corrected chi connectivity index (χ1v) is 6.35. The molecule has 0 unspecified atom stereocenters. The number of carbonyl (C=O) groups excluding carboxylic acids is 1. The molecule has 0 saturated heterocycles. The van der Waals surface area contributed by atoms with Crippen molar-refractivity contribution < 1.29 is 4.79 Å². The normalized spacial score (nSPS) is 13.1. The molecular weight excluding hydrogens is 262 g/mol. The van der Waals surface area contributed by atoms with Crippen LogP contribution in [0.15, 0.2) is 36.5 Å². The van der Waals surface area contributed by atoms with Crippen molar-refractivity contribution in [1.82, 2.24) is 10.3 Å². The maximum Gasteiger partial charge on any atom is 0.256 e. The Morgan fingerprint density at radius 2 is 2.05 bits per heavy atom. The van der Waals surface area contributed by atoms with Gasteiger partial charge in [-0.05, 0) is 35.4 Å². The first-order chi connectivity index (χ1) is 9.22. The maximum absolute atomic E-state index is 12.1. The summed E-state index contributed by atoms with van der Waals surface area (Å²) < 4.78 is 0. The maximum atomic E-state index is 12.1. The van der Waals surface area contributed by atoms with Crippen molar-refractivity contribution in [3.8, 4) is 0 Å². The van der Waals surface area contributed by atoms with Gasteiger partial charge in [0.05, 0.1) is 0 Å². The second kappa shape index (κ2) is 4.99. The van der Waals surface area contributed by atoms with E-state index in [9.17, 15) is 4.79 Å². The fourth-order valence-electron chi connectivity index (χ4n) is 2.10. The molecule has 1 aromatic carbocycles. The molecule has 96 valence electrons. The Hall–Kier alpha value is -1.91. The topological polar surface area (TPSA) is 54.0 Å². The highest BCUT2D eigenvalue weighted by Crippen LogP contribution is 2.18. The number of halogens is 1. The van der Waals surface area contributed by atoms with Crippen molar-refractivity contribution in [2.24, 2.45) is 0 Å². The van der Waals surface area contributed by atoms with Crippen molar-refractivity contribution in [3.63, 3.8) is 0 Å². The smallest absolute Gasteiger partial charge is 0.256 e. The van der Waals surface area contributed by atoms with Gasteiger partial charge in [-0.2, -0.15) is 0 Å². The minimum atomic E-state index is -0.176. The number of pyridine rings is 1. The minimum Gasteiger partial charge on any atom is -0.309 e. The summed E-state index contributed by atoms with van der Waals surface area (Å²) in [5.74, 6) is 0.278. The number of nitrogens with one attached hydrogen (secondary N) is 2. The van der Waals surface area contributed by atoms with Crippen molar-refractivity contribution >= 4 is 23.3 Å². The highest BCUT2D eigenvalue weighted by atomic mass is 35.5. The third kappa shape index (κ3) is 2.59. The lowest BCUT2D eigenvalue weighted by molar-refractivity contribution is 0.102. The third-order valence-electron chi connectivity index (χ3n) is 3.06. The minimum absolute atomic E-state index is 0.176. The summed E-state index contributed by atoms with van der Waals surface area (Å²) in [4.78, 5) is 16.2. The van der Waals surface area contributed by atoms with E-state index in [1.807, 2.05) is 18.2 Å². The SMILES string of the molecule is O=C(Nc1cc(Cl)ccn1)c1ccc2c(c1)CNC2. The lowest BCUT2D eigenvalue weighted by atomic mass is 10.1.